The number of nitrogens with zero attached hydrogens (tertiary/aromatic N) is 2. The van der Waals surface area contributed by atoms with Crippen LogP contribution in [-0.2, 0) is 27.7 Å². The van der Waals surface area contributed by atoms with Crippen LogP contribution in [0.25, 0.3) is 0 Å². The molecule has 5 nitrogen and oxygen atoms in total. The molecule has 0 unspecified atom stereocenters. The molecule has 3 heterocycles. The third-order valence-corrected chi connectivity index (χ3v) is 8.57. The number of thiophene rings is 1. The van der Waals surface area contributed by atoms with Crippen molar-refractivity contribution >= 4 is 44.6 Å². The second-order valence-corrected chi connectivity index (χ2v) is 11.0. The Morgan fingerprint density at radius 3 is 2.57 bits per heavy atom. The van der Waals surface area contributed by atoms with Crippen molar-refractivity contribution in [1.29, 1.82) is 0 Å². The first-order chi connectivity index (χ1) is 13.4. The van der Waals surface area contributed by atoms with Crippen LogP contribution in [0.3, 0.4) is 0 Å². The molecule has 1 amide bonds. The van der Waals surface area contributed by atoms with Gasteiger partial charge in [0.25, 0.3) is 0 Å². The van der Waals surface area contributed by atoms with E-state index in [1.807, 2.05) is 12.1 Å². The van der Waals surface area contributed by atoms with Gasteiger partial charge >= 0.3 is 0 Å². The number of sulfonamides is 1. The first-order valence-corrected chi connectivity index (χ1v) is 12.3. The summed E-state index contributed by atoms with van der Waals surface area (Å²) in [5.41, 5.74) is 1.79. The van der Waals surface area contributed by atoms with Gasteiger partial charge in [0.05, 0.1) is 9.23 Å². The minimum absolute atomic E-state index is 0.0700. The van der Waals surface area contributed by atoms with E-state index >= 15 is 0 Å². The zero-order chi connectivity index (χ0) is 19.7. The minimum atomic E-state index is -3.44. The van der Waals surface area contributed by atoms with Crippen molar-refractivity contribution in [3.63, 3.8) is 0 Å². The maximum Gasteiger partial charge on any atom is 0.243 e. The Bertz CT molecular complexity index is 981. The second-order valence-electron chi connectivity index (χ2n) is 7.26. The molecular weight excluding hydrogens is 416 g/mol. The monoisotopic (exact) mass is 438 g/mol. The molecule has 0 saturated carbocycles. The number of hydrogen-bond donors (Lipinski definition) is 0. The summed E-state index contributed by atoms with van der Waals surface area (Å²) in [6.07, 6.45) is 4.57. The van der Waals surface area contributed by atoms with E-state index in [0.717, 1.165) is 46.1 Å². The molecule has 1 aromatic carbocycles. The van der Waals surface area contributed by atoms with Crippen LogP contribution in [0, 0.1) is 0 Å². The van der Waals surface area contributed by atoms with Gasteiger partial charge in [-0.15, -0.1) is 11.3 Å². The Balaban J connectivity index is 1.52. The van der Waals surface area contributed by atoms with E-state index < -0.39 is 10.0 Å². The molecule has 2 aliphatic heterocycles. The van der Waals surface area contributed by atoms with Gasteiger partial charge in [0.2, 0.25) is 15.9 Å². The summed E-state index contributed by atoms with van der Waals surface area (Å²) in [4.78, 5) is 16.1. The van der Waals surface area contributed by atoms with E-state index in [0.29, 0.717) is 37.4 Å². The maximum atomic E-state index is 12.8. The molecule has 2 aliphatic rings. The average Bonchev–Trinajstić information content (AvgIpc) is 3.37. The number of anilines is 1. The molecule has 0 bridgehead atoms. The number of hydrogen-bond acceptors (Lipinski definition) is 4. The van der Waals surface area contributed by atoms with Gasteiger partial charge < -0.3 is 4.90 Å². The number of amides is 1. The normalized spacial score (nSPS) is 17.7. The molecule has 1 fully saturated rings. The number of rotatable bonds is 5. The van der Waals surface area contributed by atoms with Crippen LogP contribution in [0.5, 0.6) is 0 Å². The van der Waals surface area contributed by atoms with Gasteiger partial charge in [-0.2, -0.15) is 4.31 Å². The molecule has 150 valence electrons. The molecule has 4 rings (SSSR count). The smallest absolute Gasteiger partial charge is 0.243 e. The molecule has 1 aromatic heterocycles. The molecular formula is C20H23ClN2O3S2. The highest BCUT2D eigenvalue weighted by molar-refractivity contribution is 7.89. The Morgan fingerprint density at radius 1 is 1.07 bits per heavy atom. The number of benzene rings is 1. The highest BCUT2D eigenvalue weighted by Crippen LogP contribution is 2.32. The van der Waals surface area contributed by atoms with Gasteiger partial charge in [0.15, 0.2) is 0 Å². The van der Waals surface area contributed by atoms with Crippen molar-refractivity contribution < 1.29 is 13.2 Å². The van der Waals surface area contributed by atoms with Crippen molar-refractivity contribution in [2.24, 2.45) is 0 Å². The van der Waals surface area contributed by atoms with E-state index in [4.69, 9.17) is 11.6 Å². The molecule has 0 radical (unpaired) electrons. The molecule has 0 spiro atoms. The van der Waals surface area contributed by atoms with E-state index in [1.165, 1.54) is 11.3 Å². The number of fused-ring (bicyclic) bond motifs is 1. The Labute approximate surface area is 175 Å². The first kappa shape index (κ1) is 19.9. The van der Waals surface area contributed by atoms with E-state index in [2.05, 4.69) is 0 Å². The highest BCUT2D eigenvalue weighted by Gasteiger charge is 2.29. The Kier molecular flexibility index (Phi) is 5.78. The van der Waals surface area contributed by atoms with Crippen LogP contribution in [0.15, 0.2) is 35.2 Å². The molecule has 2 aromatic rings. The Hall–Kier alpha value is -1.41. The molecule has 28 heavy (non-hydrogen) atoms. The largest absolute Gasteiger partial charge is 0.312 e. The van der Waals surface area contributed by atoms with Crippen molar-refractivity contribution in [2.75, 3.05) is 24.5 Å². The maximum absolute atomic E-state index is 12.8. The van der Waals surface area contributed by atoms with E-state index in [9.17, 15) is 13.2 Å². The average molecular weight is 439 g/mol. The van der Waals surface area contributed by atoms with Crippen molar-refractivity contribution in [3.05, 3.63) is 45.1 Å². The van der Waals surface area contributed by atoms with Gasteiger partial charge in [-0.25, -0.2) is 8.42 Å². The summed E-state index contributed by atoms with van der Waals surface area (Å²) in [7, 11) is -3.44. The molecule has 0 aliphatic carbocycles. The number of halogens is 1. The van der Waals surface area contributed by atoms with Crippen LogP contribution in [0.4, 0.5) is 5.69 Å². The van der Waals surface area contributed by atoms with Crippen molar-refractivity contribution in [1.82, 2.24) is 4.31 Å². The zero-order valence-electron chi connectivity index (χ0n) is 15.6. The molecule has 0 atom stereocenters. The summed E-state index contributed by atoms with van der Waals surface area (Å²) in [6, 6.07) is 9.03. The fourth-order valence-electron chi connectivity index (χ4n) is 3.92. The van der Waals surface area contributed by atoms with Crippen molar-refractivity contribution in [3.8, 4) is 0 Å². The predicted molar refractivity (Wildman–Crippen MR) is 113 cm³/mol. The molecule has 1 saturated heterocycles. The standard InChI is InChI=1S/C20H23ClN2O3S2/c21-19-9-5-16(27-19)6-10-20(24)23-13-3-4-15-14-17(7-8-18(15)23)28(25,26)22-11-1-2-12-22/h5,7-9,14H,1-4,6,10-13H2. The van der Waals surface area contributed by atoms with Crippen LogP contribution in [0.1, 0.15) is 36.1 Å². The van der Waals surface area contributed by atoms with E-state index in [-0.39, 0.29) is 5.91 Å². The molecule has 8 heteroatoms. The summed E-state index contributed by atoms with van der Waals surface area (Å²) < 4.78 is 28.0. The second kappa shape index (κ2) is 8.14. The third-order valence-electron chi connectivity index (χ3n) is 5.39. The number of carbonyl (C=O) groups excluding carboxylic acids is 1. The summed E-state index contributed by atoms with van der Waals surface area (Å²) >= 11 is 7.46. The molecule has 0 N–H and O–H groups in total. The fourth-order valence-corrected chi connectivity index (χ4v) is 6.58. The minimum Gasteiger partial charge on any atom is -0.312 e. The topological polar surface area (TPSA) is 57.7 Å². The summed E-state index contributed by atoms with van der Waals surface area (Å²) in [5, 5.41) is 0. The summed E-state index contributed by atoms with van der Waals surface area (Å²) in [5.74, 6) is 0.0700. The highest BCUT2D eigenvalue weighted by atomic mass is 35.5. The van der Waals surface area contributed by atoms with Gasteiger partial charge in [0, 0.05) is 36.6 Å². The van der Waals surface area contributed by atoms with Crippen molar-refractivity contribution in [2.45, 2.75) is 43.4 Å². The lowest BCUT2D eigenvalue weighted by molar-refractivity contribution is -0.118. The zero-order valence-corrected chi connectivity index (χ0v) is 18.0. The number of aryl methyl sites for hydroxylation is 2. The first-order valence-electron chi connectivity index (χ1n) is 9.63. The van der Waals surface area contributed by atoms with Gasteiger partial charge in [0.1, 0.15) is 0 Å². The lowest BCUT2D eigenvalue weighted by atomic mass is 10.0. The van der Waals surface area contributed by atoms with Crippen LogP contribution in [-0.4, -0.2) is 38.3 Å². The van der Waals surface area contributed by atoms with Gasteiger partial charge in [-0.3, -0.25) is 4.79 Å². The van der Waals surface area contributed by atoms with Gasteiger partial charge in [-0.1, -0.05) is 11.6 Å². The van der Waals surface area contributed by atoms with Crippen LogP contribution < -0.4 is 4.90 Å². The fraction of sp³-hybridized carbons (Fsp3) is 0.450. The van der Waals surface area contributed by atoms with Crippen LogP contribution >= 0.6 is 22.9 Å². The number of carbonyl (C=O) groups is 1. The third kappa shape index (κ3) is 3.99. The lowest BCUT2D eigenvalue weighted by Gasteiger charge is -2.30. The SMILES string of the molecule is O=C(CCc1ccc(Cl)s1)N1CCCc2cc(S(=O)(=O)N3CCCC3)ccc21. The van der Waals surface area contributed by atoms with Gasteiger partial charge in [-0.05, 0) is 68.0 Å². The Morgan fingerprint density at radius 2 is 1.86 bits per heavy atom. The predicted octanol–water partition coefficient (Wildman–Crippen LogP) is 4.10. The summed E-state index contributed by atoms with van der Waals surface area (Å²) in [6.45, 7) is 1.86. The lowest BCUT2D eigenvalue weighted by Crippen LogP contribution is -2.36. The van der Waals surface area contributed by atoms with Crippen LogP contribution in [0.2, 0.25) is 4.34 Å². The quantitative estimate of drug-likeness (QED) is 0.706. The van der Waals surface area contributed by atoms with E-state index in [1.54, 1.807) is 27.4 Å².